The van der Waals surface area contributed by atoms with Gasteiger partial charge in [0.2, 0.25) is 5.91 Å². The fourth-order valence-corrected chi connectivity index (χ4v) is 4.82. The minimum atomic E-state index is -0.0619. The van der Waals surface area contributed by atoms with E-state index in [-0.39, 0.29) is 23.7 Å². The zero-order valence-corrected chi connectivity index (χ0v) is 19.1. The van der Waals surface area contributed by atoms with Crippen molar-refractivity contribution in [2.45, 2.75) is 25.2 Å². The van der Waals surface area contributed by atoms with E-state index >= 15 is 0 Å². The summed E-state index contributed by atoms with van der Waals surface area (Å²) >= 11 is 6.23. The highest BCUT2D eigenvalue weighted by Crippen LogP contribution is 2.48. The molecule has 2 aromatic carbocycles. The fourth-order valence-electron chi connectivity index (χ4n) is 4.60. The van der Waals surface area contributed by atoms with E-state index in [2.05, 4.69) is 20.9 Å². The molecule has 1 aliphatic carbocycles. The van der Waals surface area contributed by atoms with Gasteiger partial charge in [0.05, 0.1) is 5.02 Å². The summed E-state index contributed by atoms with van der Waals surface area (Å²) in [6.45, 7) is 2.78. The van der Waals surface area contributed by atoms with Gasteiger partial charge in [-0.05, 0) is 74.0 Å². The van der Waals surface area contributed by atoms with Crippen LogP contribution < -0.4 is 16.0 Å². The molecule has 0 unspecified atom stereocenters. The highest BCUT2D eigenvalue weighted by atomic mass is 35.5. The maximum atomic E-state index is 12.8. The van der Waals surface area contributed by atoms with Gasteiger partial charge >= 0.3 is 0 Å². The molecule has 2 heterocycles. The molecule has 2 aliphatic rings. The quantitative estimate of drug-likeness (QED) is 0.508. The molecule has 33 heavy (non-hydrogen) atoms. The number of pyridine rings is 1. The first-order valence-corrected chi connectivity index (χ1v) is 11.9. The molecular formula is C26H27ClN4O2. The summed E-state index contributed by atoms with van der Waals surface area (Å²) in [6.07, 6.45) is 6.37. The SMILES string of the molecule is O=C(NCC1CCNCC1)c1ccc([C@@H]2C[C@H]2C(=O)Nc2ccc3cncc(Cl)c3c2)cc1. The Morgan fingerprint density at radius 2 is 1.85 bits per heavy atom. The lowest BCUT2D eigenvalue weighted by atomic mass is 9.98. The van der Waals surface area contributed by atoms with Gasteiger partial charge in [0.1, 0.15) is 0 Å². The van der Waals surface area contributed by atoms with Crippen LogP contribution >= 0.6 is 11.6 Å². The Balaban J connectivity index is 1.16. The third-order valence-electron chi connectivity index (χ3n) is 6.72. The average Bonchev–Trinajstić information content (AvgIpc) is 3.65. The number of benzene rings is 2. The zero-order chi connectivity index (χ0) is 22.8. The first-order valence-electron chi connectivity index (χ1n) is 11.5. The van der Waals surface area contributed by atoms with Crippen molar-refractivity contribution in [2.24, 2.45) is 11.8 Å². The van der Waals surface area contributed by atoms with E-state index in [1.54, 1.807) is 12.4 Å². The smallest absolute Gasteiger partial charge is 0.251 e. The monoisotopic (exact) mass is 462 g/mol. The number of anilines is 1. The molecule has 0 bridgehead atoms. The third kappa shape index (κ3) is 5.02. The minimum Gasteiger partial charge on any atom is -0.352 e. The first-order chi connectivity index (χ1) is 16.1. The molecule has 2 atom stereocenters. The first kappa shape index (κ1) is 21.9. The van der Waals surface area contributed by atoms with Crippen LogP contribution in [0.3, 0.4) is 0 Å². The Hall–Kier alpha value is -2.96. The number of halogens is 1. The van der Waals surface area contributed by atoms with Crippen LogP contribution in [0.15, 0.2) is 54.9 Å². The van der Waals surface area contributed by atoms with Crippen molar-refractivity contribution in [3.63, 3.8) is 0 Å². The van der Waals surface area contributed by atoms with Gasteiger partial charge in [-0.25, -0.2) is 0 Å². The van der Waals surface area contributed by atoms with Gasteiger partial charge in [-0.1, -0.05) is 29.8 Å². The van der Waals surface area contributed by atoms with Gasteiger partial charge in [0, 0.05) is 46.9 Å². The molecule has 2 amide bonds. The molecule has 170 valence electrons. The molecular weight excluding hydrogens is 436 g/mol. The highest BCUT2D eigenvalue weighted by Gasteiger charge is 2.43. The van der Waals surface area contributed by atoms with Gasteiger partial charge in [-0.2, -0.15) is 0 Å². The van der Waals surface area contributed by atoms with E-state index in [0.717, 1.165) is 60.9 Å². The van der Waals surface area contributed by atoms with E-state index in [1.165, 1.54) is 0 Å². The number of aromatic nitrogens is 1. The van der Waals surface area contributed by atoms with Gasteiger partial charge in [0.15, 0.2) is 0 Å². The van der Waals surface area contributed by atoms with Crippen LogP contribution in [-0.2, 0) is 4.79 Å². The normalized spacial score (nSPS) is 20.4. The van der Waals surface area contributed by atoms with Crippen molar-refractivity contribution in [1.82, 2.24) is 15.6 Å². The van der Waals surface area contributed by atoms with Crippen molar-refractivity contribution < 1.29 is 9.59 Å². The van der Waals surface area contributed by atoms with E-state index in [9.17, 15) is 9.59 Å². The van der Waals surface area contributed by atoms with Crippen molar-refractivity contribution in [3.8, 4) is 0 Å². The summed E-state index contributed by atoms with van der Waals surface area (Å²) in [5.74, 6) is 0.650. The number of hydrogen-bond acceptors (Lipinski definition) is 4. The molecule has 0 radical (unpaired) electrons. The molecule has 7 heteroatoms. The van der Waals surface area contributed by atoms with Crippen LogP contribution in [0, 0.1) is 11.8 Å². The Morgan fingerprint density at radius 1 is 1.06 bits per heavy atom. The number of carbonyl (C=O) groups excluding carboxylic acids is 2. The highest BCUT2D eigenvalue weighted by molar-refractivity contribution is 6.35. The number of piperidine rings is 1. The molecule has 1 saturated carbocycles. The van der Waals surface area contributed by atoms with E-state index in [4.69, 9.17) is 11.6 Å². The number of fused-ring (bicyclic) bond motifs is 1. The van der Waals surface area contributed by atoms with Crippen LogP contribution in [0.4, 0.5) is 5.69 Å². The maximum absolute atomic E-state index is 12.8. The third-order valence-corrected chi connectivity index (χ3v) is 7.02. The molecule has 0 spiro atoms. The zero-order valence-electron chi connectivity index (χ0n) is 18.3. The number of nitrogens with one attached hydrogen (secondary N) is 3. The lowest BCUT2D eigenvalue weighted by molar-refractivity contribution is -0.117. The molecule has 1 saturated heterocycles. The summed E-state index contributed by atoms with van der Waals surface area (Å²) in [4.78, 5) is 29.3. The van der Waals surface area contributed by atoms with Gasteiger partial charge < -0.3 is 16.0 Å². The number of amides is 2. The lowest BCUT2D eigenvalue weighted by Crippen LogP contribution is -2.35. The predicted molar refractivity (Wildman–Crippen MR) is 131 cm³/mol. The summed E-state index contributed by atoms with van der Waals surface area (Å²) in [7, 11) is 0. The van der Waals surface area contributed by atoms with Gasteiger partial charge in [-0.15, -0.1) is 0 Å². The Kier molecular flexibility index (Phi) is 6.29. The minimum absolute atomic E-state index is 0.00770. The second-order valence-electron chi connectivity index (χ2n) is 9.02. The maximum Gasteiger partial charge on any atom is 0.251 e. The molecule has 3 N–H and O–H groups in total. The number of rotatable bonds is 6. The Labute approximate surface area is 198 Å². The van der Waals surface area contributed by atoms with Crippen LogP contribution in [-0.4, -0.2) is 36.4 Å². The average molecular weight is 463 g/mol. The molecule has 5 rings (SSSR count). The summed E-state index contributed by atoms with van der Waals surface area (Å²) in [6, 6.07) is 13.3. The van der Waals surface area contributed by atoms with Crippen molar-refractivity contribution in [2.75, 3.05) is 25.0 Å². The number of nitrogens with zero attached hydrogens (tertiary/aromatic N) is 1. The van der Waals surface area contributed by atoms with E-state index in [0.29, 0.717) is 16.5 Å². The van der Waals surface area contributed by atoms with Gasteiger partial charge in [-0.3, -0.25) is 14.6 Å². The topological polar surface area (TPSA) is 83.1 Å². The number of hydrogen-bond donors (Lipinski definition) is 3. The van der Waals surface area contributed by atoms with E-state index in [1.807, 2.05) is 42.5 Å². The van der Waals surface area contributed by atoms with Crippen LogP contribution in [0.5, 0.6) is 0 Å². The lowest BCUT2D eigenvalue weighted by Gasteiger charge is -2.22. The molecule has 6 nitrogen and oxygen atoms in total. The Bertz CT molecular complexity index is 1170. The van der Waals surface area contributed by atoms with Crippen molar-refractivity contribution in [1.29, 1.82) is 0 Å². The van der Waals surface area contributed by atoms with Gasteiger partial charge in [0.25, 0.3) is 5.91 Å². The van der Waals surface area contributed by atoms with Crippen molar-refractivity contribution >= 4 is 39.9 Å². The molecule has 2 fully saturated rings. The predicted octanol–water partition coefficient (Wildman–Crippen LogP) is 4.36. The Morgan fingerprint density at radius 3 is 2.64 bits per heavy atom. The van der Waals surface area contributed by atoms with Crippen molar-refractivity contribution in [3.05, 3.63) is 71.0 Å². The summed E-state index contributed by atoms with van der Waals surface area (Å²) < 4.78 is 0. The summed E-state index contributed by atoms with van der Waals surface area (Å²) in [5.41, 5.74) is 2.49. The fraction of sp³-hybridized carbons (Fsp3) is 0.346. The second kappa shape index (κ2) is 9.49. The standard InChI is InChI=1S/C26H27ClN4O2/c27-24-15-29-14-19-5-6-20(11-22(19)24)31-26(33)23-12-21(23)17-1-3-18(4-2-17)25(32)30-13-16-7-9-28-10-8-16/h1-6,11,14-16,21,23,28H,7-10,12-13H2,(H,30,32)(H,31,33)/t21-,23+/m0/s1. The number of carbonyl (C=O) groups is 2. The van der Waals surface area contributed by atoms with Crippen LogP contribution in [0.25, 0.3) is 10.8 Å². The second-order valence-corrected chi connectivity index (χ2v) is 9.43. The largest absolute Gasteiger partial charge is 0.352 e. The molecule has 3 aromatic rings. The molecule has 1 aromatic heterocycles. The van der Waals surface area contributed by atoms with Crippen LogP contribution in [0.1, 0.15) is 41.1 Å². The summed E-state index contributed by atoms with van der Waals surface area (Å²) in [5, 5.41) is 11.8. The van der Waals surface area contributed by atoms with E-state index < -0.39 is 0 Å². The van der Waals surface area contributed by atoms with Crippen LogP contribution in [0.2, 0.25) is 5.02 Å². The molecule has 1 aliphatic heterocycles.